The molecule has 0 aliphatic heterocycles. The van der Waals surface area contributed by atoms with Gasteiger partial charge in [-0.2, -0.15) is 13.2 Å². The maximum absolute atomic E-state index is 13.0. The number of imidazole rings is 1. The molecule has 2 aromatic rings. The lowest BCUT2D eigenvalue weighted by Crippen LogP contribution is -2.29. The van der Waals surface area contributed by atoms with Crippen molar-refractivity contribution in [3.8, 4) is 0 Å². The van der Waals surface area contributed by atoms with Crippen molar-refractivity contribution < 1.29 is 27.8 Å². The lowest BCUT2D eigenvalue weighted by molar-refractivity contribution is -0.137. The number of carbonyl (C=O) groups is 1. The van der Waals surface area contributed by atoms with Crippen LogP contribution in [0.4, 0.5) is 13.2 Å². The van der Waals surface area contributed by atoms with Crippen LogP contribution in [0.5, 0.6) is 0 Å². The van der Waals surface area contributed by atoms with Crippen molar-refractivity contribution >= 4 is 11.6 Å². The molecule has 0 fully saturated rings. The molecule has 0 aliphatic carbocycles. The number of rotatable bonds is 8. The Morgan fingerprint density at radius 1 is 1.36 bits per heavy atom. The van der Waals surface area contributed by atoms with Crippen LogP contribution >= 0.6 is 0 Å². The van der Waals surface area contributed by atoms with Crippen LogP contribution < -0.4 is 5.32 Å². The van der Waals surface area contributed by atoms with Crippen LogP contribution in [0.25, 0.3) is 5.65 Å². The normalized spacial score (nSPS) is 11.9. The summed E-state index contributed by atoms with van der Waals surface area (Å²) in [5, 5.41) is 11.2. The van der Waals surface area contributed by atoms with Crippen LogP contribution in [-0.4, -0.2) is 46.8 Å². The van der Waals surface area contributed by atoms with E-state index in [-0.39, 0.29) is 37.7 Å². The summed E-state index contributed by atoms with van der Waals surface area (Å²) in [6.45, 7) is 2.30. The van der Waals surface area contributed by atoms with Crippen molar-refractivity contribution in [1.82, 2.24) is 14.7 Å². The van der Waals surface area contributed by atoms with Gasteiger partial charge in [0.1, 0.15) is 11.3 Å². The number of amides is 1. The molecule has 138 valence electrons. The van der Waals surface area contributed by atoms with Gasteiger partial charge in [-0.25, -0.2) is 4.98 Å². The second-order valence-electron chi connectivity index (χ2n) is 5.39. The summed E-state index contributed by atoms with van der Waals surface area (Å²) in [4.78, 5) is 16.7. The SMILES string of the molecule is CCCc1nc2ccc(C(F)(F)F)cn2c1C(=O)NCCOCCO. The number of nitrogens with zero attached hydrogens (tertiary/aromatic N) is 2. The number of aliphatic hydroxyl groups excluding tert-OH is 1. The Hall–Kier alpha value is -2.13. The summed E-state index contributed by atoms with van der Waals surface area (Å²) in [5.41, 5.74) is -0.000354. The zero-order valence-electron chi connectivity index (χ0n) is 13.8. The fourth-order valence-corrected chi connectivity index (χ4v) is 2.40. The van der Waals surface area contributed by atoms with Gasteiger partial charge < -0.3 is 15.2 Å². The first-order chi connectivity index (χ1) is 11.9. The van der Waals surface area contributed by atoms with E-state index in [0.717, 1.165) is 12.3 Å². The van der Waals surface area contributed by atoms with Crippen LogP contribution in [0.15, 0.2) is 18.3 Å². The van der Waals surface area contributed by atoms with Gasteiger partial charge in [0, 0.05) is 12.7 Å². The number of pyridine rings is 1. The van der Waals surface area contributed by atoms with E-state index in [2.05, 4.69) is 10.3 Å². The molecule has 1 amide bonds. The Kier molecular flexibility index (Phi) is 6.38. The highest BCUT2D eigenvalue weighted by atomic mass is 19.4. The molecule has 0 aliphatic rings. The predicted octanol–water partition coefficient (Wildman–Crippen LogP) is 2.04. The van der Waals surface area contributed by atoms with Gasteiger partial charge >= 0.3 is 6.18 Å². The lowest BCUT2D eigenvalue weighted by Gasteiger charge is -2.10. The predicted molar refractivity (Wildman–Crippen MR) is 84.4 cm³/mol. The van der Waals surface area contributed by atoms with Crippen molar-refractivity contribution in [2.45, 2.75) is 25.9 Å². The van der Waals surface area contributed by atoms with Crippen LogP contribution in [-0.2, 0) is 17.3 Å². The first kappa shape index (κ1) is 19.2. The van der Waals surface area contributed by atoms with Gasteiger partial charge in [-0.05, 0) is 18.6 Å². The van der Waals surface area contributed by atoms with E-state index >= 15 is 0 Å². The quantitative estimate of drug-likeness (QED) is 0.708. The summed E-state index contributed by atoms with van der Waals surface area (Å²) in [5.74, 6) is -0.511. The molecular weight excluding hydrogens is 339 g/mol. The molecule has 9 heteroatoms. The highest BCUT2D eigenvalue weighted by molar-refractivity contribution is 5.94. The van der Waals surface area contributed by atoms with Crippen molar-refractivity contribution in [1.29, 1.82) is 0 Å². The van der Waals surface area contributed by atoms with E-state index in [1.54, 1.807) is 0 Å². The van der Waals surface area contributed by atoms with Gasteiger partial charge in [-0.3, -0.25) is 9.20 Å². The number of hydrogen-bond donors (Lipinski definition) is 2. The van der Waals surface area contributed by atoms with Crippen molar-refractivity contribution in [3.63, 3.8) is 0 Å². The van der Waals surface area contributed by atoms with Gasteiger partial charge in [0.25, 0.3) is 5.91 Å². The third kappa shape index (κ3) is 4.70. The van der Waals surface area contributed by atoms with Gasteiger partial charge in [-0.1, -0.05) is 13.3 Å². The number of alkyl halides is 3. The van der Waals surface area contributed by atoms with Crippen molar-refractivity contribution in [2.75, 3.05) is 26.4 Å². The highest BCUT2D eigenvalue weighted by Crippen LogP contribution is 2.30. The zero-order valence-corrected chi connectivity index (χ0v) is 13.8. The number of halogens is 3. The summed E-state index contributed by atoms with van der Waals surface area (Å²) in [6.07, 6.45) is -2.43. The van der Waals surface area contributed by atoms with Crippen molar-refractivity contribution in [2.24, 2.45) is 0 Å². The minimum Gasteiger partial charge on any atom is -0.394 e. The third-order valence-electron chi connectivity index (χ3n) is 3.49. The zero-order chi connectivity index (χ0) is 18.4. The molecule has 6 nitrogen and oxygen atoms in total. The third-order valence-corrected chi connectivity index (χ3v) is 3.49. The number of aromatic nitrogens is 2. The smallest absolute Gasteiger partial charge is 0.394 e. The molecule has 2 N–H and O–H groups in total. The number of hydrogen-bond acceptors (Lipinski definition) is 4. The molecule has 0 saturated heterocycles. The number of carbonyl (C=O) groups excluding carboxylic acids is 1. The Morgan fingerprint density at radius 3 is 2.76 bits per heavy atom. The molecule has 25 heavy (non-hydrogen) atoms. The first-order valence-electron chi connectivity index (χ1n) is 7.93. The number of fused-ring (bicyclic) bond motifs is 1. The summed E-state index contributed by atoms with van der Waals surface area (Å²) in [6, 6.07) is 2.20. The second kappa shape index (κ2) is 8.30. The molecule has 2 heterocycles. The molecule has 0 aromatic carbocycles. The Labute approximate surface area is 142 Å². The van der Waals surface area contributed by atoms with Crippen molar-refractivity contribution in [3.05, 3.63) is 35.3 Å². The number of aryl methyl sites for hydroxylation is 1. The van der Waals surface area contributed by atoms with Gasteiger partial charge in [0.15, 0.2) is 0 Å². The molecule has 0 saturated carbocycles. The second-order valence-corrected chi connectivity index (χ2v) is 5.39. The summed E-state index contributed by atoms with van der Waals surface area (Å²) < 4.78 is 45.1. The maximum Gasteiger partial charge on any atom is 0.417 e. The Morgan fingerprint density at radius 2 is 2.12 bits per heavy atom. The van der Waals surface area contributed by atoms with Gasteiger partial charge in [0.05, 0.1) is 31.1 Å². The van der Waals surface area contributed by atoms with E-state index in [1.165, 1.54) is 10.5 Å². The number of aliphatic hydroxyl groups is 1. The minimum atomic E-state index is -4.50. The van der Waals surface area contributed by atoms with Gasteiger partial charge in [0.2, 0.25) is 0 Å². The van der Waals surface area contributed by atoms with Crippen LogP contribution in [0, 0.1) is 0 Å². The van der Waals surface area contributed by atoms with E-state index in [0.29, 0.717) is 18.5 Å². The standard InChI is InChI=1S/C16H20F3N3O3/c1-2-3-12-14(15(24)20-6-8-25-9-7-23)22-10-11(16(17,18)19)4-5-13(22)21-12/h4-5,10,23H,2-3,6-9H2,1H3,(H,20,24). The van der Waals surface area contributed by atoms with E-state index in [9.17, 15) is 18.0 Å². The lowest BCUT2D eigenvalue weighted by atomic mass is 10.2. The molecular formula is C16H20F3N3O3. The average molecular weight is 359 g/mol. The molecule has 2 rings (SSSR count). The molecule has 0 bridgehead atoms. The van der Waals surface area contributed by atoms with E-state index in [4.69, 9.17) is 9.84 Å². The first-order valence-corrected chi connectivity index (χ1v) is 7.93. The fraction of sp³-hybridized carbons (Fsp3) is 0.500. The summed E-state index contributed by atoms with van der Waals surface area (Å²) in [7, 11) is 0. The van der Waals surface area contributed by atoms with Crippen LogP contribution in [0.3, 0.4) is 0 Å². The van der Waals surface area contributed by atoms with Gasteiger partial charge in [-0.15, -0.1) is 0 Å². The fourth-order valence-electron chi connectivity index (χ4n) is 2.40. The summed E-state index contributed by atoms with van der Waals surface area (Å²) >= 11 is 0. The topological polar surface area (TPSA) is 75.9 Å². The minimum absolute atomic E-state index is 0.102. The largest absolute Gasteiger partial charge is 0.417 e. The highest BCUT2D eigenvalue weighted by Gasteiger charge is 2.31. The number of nitrogens with one attached hydrogen (secondary N) is 1. The Bertz CT molecular complexity index is 728. The molecule has 0 unspecified atom stereocenters. The maximum atomic E-state index is 13.0. The van der Waals surface area contributed by atoms with Crippen LogP contribution in [0.1, 0.15) is 35.1 Å². The Balaban J connectivity index is 2.30. The van der Waals surface area contributed by atoms with E-state index in [1.807, 2.05) is 6.92 Å². The number of ether oxygens (including phenoxy) is 1. The molecule has 2 aromatic heterocycles. The average Bonchev–Trinajstić information content (AvgIpc) is 2.91. The molecule has 0 spiro atoms. The van der Waals surface area contributed by atoms with Crippen LogP contribution in [0.2, 0.25) is 0 Å². The van der Waals surface area contributed by atoms with E-state index < -0.39 is 17.6 Å². The monoisotopic (exact) mass is 359 g/mol. The molecule has 0 atom stereocenters. The molecule has 0 radical (unpaired) electrons.